The van der Waals surface area contributed by atoms with Gasteiger partial charge in [0.05, 0.1) is 4.88 Å². The van der Waals surface area contributed by atoms with Gasteiger partial charge in [0.25, 0.3) is 5.91 Å². The van der Waals surface area contributed by atoms with Crippen LogP contribution < -0.4 is 0 Å². The van der Waals surface area contributed by atoms with Crippen molar-refractivity contribution < 1.29 is 9.32 Å². The number of carbonyl (C=O) groups is 1. The normalized spacial score (nSPS) is 25.2. The monoisotopic (exact) mass is 292 g/mol. The van der Waals surface area contributed by atoms with Crippen molar-refractivity contribution in [2.45, 2.75) is 17.7 Å². The topological polar surface area (TPSA) is 46.3 Å². The van der Waals surface area contributed by atoms with E-state index >= 15 is 0 Å². The summed E-state index contributed by atoms with van der Waals surface area (Å²) in [7, 11) is 0. The highest BCUT2D eigenvalue weighted by Crippen LogP contribution is 2.38. The Morgan fingerprint density at radius 2 is 2.47 bits per heavy atom. The van der Waals surface area contributed by atoms with Gasteiger partial charge in [0.1, 0.15) is 0 Å². The van der Waals surface area contributed by atoms with Crippen LogP contribution in [0.25, 0.3) is 10.6 Å². The van der Waals surface area contributed by atoms with Crippen molar-refractivity contribution in [1.82, 2.24) is 10.1 Å². The number of thiophene rings is 1. The minimum absolute atomic E-state index is 0.0133. The van der Waals surface area contributed by atoms with Gasteiger partial charge in [-0.05, 0) is 17.9 Å². The molecule has 0 spiro atoms. The van der Waals surface area contributed by atoms with Crippen LogP contribution in [0.1, 0.15) is 16.9 Å². The van der Waals surface area contributed by atoms with Crippen LogP contribution in [-0.4, -0.2) is 39.6 Å². The van der Waals surface area contributed by atoms with Gasteiger partial charge < -0.3 is 9.42 Å². The first kappa shape index (κ1) is 11.5. The molecule has 2 saturated heterocycles. The van der Waals surface area contributed by atoms with Crippen LogP contribution in [0.3, 0.4) is 0 Å². The molecule has 6 heteroatoms. The summed E-state index contributed by atoms with van der Waals surface area (Å²) in [4.78, 5) is 15.4. The number of carbonyl (C=O) groups excluding carboxylic acids is 1. The van der Waals surface area contributed by atoms with Crippen molar-refractivity contribution in [3.8, 4) is 10.6 Å². The van der Waals surface area contributed by atoms with Crippen molar-refractivity contribution in [3.05, 3.63) is 29.3 Å². The number of likely N-dealkylation sites (tertiary alicyclic amines) is 1. The van der Waals surface area contributed by atoms with Crippen molar-refractivity contribution in [3.63, 3.8) is 0 Å². The number of rotatable bonds is 2. The third-order valence-corrected chi connectivity index (χ3v) is 5.93. The lowest BCUT2D eigenvalue weighted by atomic mass is 10.2. The molecule has 2 aromatic rings. The van der Waals surface area contributed by atoms with Gasteiger partial charge in [0.2, 0.25) is 0 Å². The fraction of sp³-hybridized carbons (Fsp3) is 0.385. The molecule has 2 bridgehead atoms. The summed E-state index contributed by atoms with van der Waals surface area (Å²) in [6, 6.07) is 6.08. The molecule has 19 heavy (non-hydrogen) atoms. The van der Waals surface area contributed by atoms with E-state index in [-0.39, 0.29) is 5.91 Å². The second-order valence-corrected chi connectivity index (χ2v) is 7.14. The summed E-state index contributed by atoms with van der Waals surface area (Å²) >= 11 is 3.56. The van der Waals surface area contributed by atoms with Crippen LogP contribution in [0.4, 0.5) is 0 Å². The lowest BCUT2D eigenvalue weighted by Crippen LogP contribution is -2.39. The van der Waals surface area contributed by atoms with Gasteiger partial charge in [-0.3, -0.25) is 4.79 Å². The SMILES string of the molecule is O=C(c1cc(-c2cccs2)on1)N1C[C@H]2C[C@H]1CS2. The highest BCUT2D eigenvalue weighted by molar-refractivity contribution is 8.00. The summed E-state index contributed by atoms with van der Waals surface area (Å²) in [6.45, 7) is 0.857. The van der Waals surface area contributed by atoms with Crippen LogP contribution in [0.5, 0.6) is 0 Å². The Labute approximate surface area is 118 Å². The molecule has 2 aromatic heterocycles. The molecule has 2 atom stereocenters. The first-order valence-electron chi connectivity index (χ1n) is 6.24. The first-order chi connectivity index (χ1) is 9.31. The van der Waals surface area contributed by atoms with E-state index < -0.39 is 0 Å². The zero-order valence-corrected chi connectivity index (χ0v) is 11.7. The van der Waals surface area contributed by atoms with E-state index in [1.54, 1.807) is 17.4 Å². The van der Waals surface area contributed by atoms with Gasteiger partial charge in [-0.25, -0.2) is 0 Å². The highest BCUT2D eigenvalue weighted by atomic mass is 32.2. The van der Waals surface area contributed by atoms with Gasteiger partial charge in [-0.15, -0.1) is 11.3 Å². The number of nitrogens with zero attached hydrogens (tertiary/aromatic N) is 2. The van der Waals surface area contributed by atoms with Crippen molar-refractivity contribution in [2.24, 2.45) is 0 Å². The fourth-order valence-electron chi connectivity index (χ4n) is 2.71. The number of thioether (sulfide) groups is 1. The number of hydrogen-bond donors (Lipinski definition) is 0. The molecule has 0 saturated carbocycles. The second-order valence-electron chi connectivity index (χ2n) is 4.86. The maximum absolute atomic E-state index is 12.4. The maximum Gasteiger partial charge on any atom is 0.276 e. The molecule has 0 unspecified atom stereocenters. The quantitative estimate of drug-likeness (QED) is 0.854. The highest BCUT2D eigenvalue weighted by Gasteiger charge is 2.41. The maximum atomic E-state index is 12.4. The van der Waals surface area contributed by atoms with Gasteiger partial charge in [0.15, 0.2) is 11.5 Å². The minimum atomic E-state index is 0.0133. The van der Waals surface area contributed by atoms with Crippen molar-refractivity contribution >= 4 is 29.0 Å². The fourth-order valence-corrected chi connectivity index (χ4v) is 4.81. The van der Waals surface area contributed by atoms with Crippen molar-refractivity contribution in [1.29, 1.82) is 0 Å². The molecule has 0 N–H and O–H groups in total. The zero-order valence-electron chi connectivity index (χ0n) is 10.1. The molecule has 0 aromatic carbocycles. The molecule has 1 amide bonds. The van der Waals surface area contributed by atoms with Gasteiger partial charge in [0, 0.05) is 29.7 Å². The summed E-state index contributed by atoms with van der Waals surface area (Å²) < 4.78 is 5.28. The summed E-state index contributed by atoms with van der Waals surface area (Å²) in [5.41, 5.74) is 0.431. The molecule has 0 radical (unpaired) electrons. The Kier molecular flexibility index (Phi) is 2.66. The van der Waals surface area contributed by atoms with Crippen molar-refractivity contribution in [2.75, 3.05) is 12.3 Å². The third kappa shape index (κ3) is 1.90. The van der Waals surface area contributed by atoms with E-state index in [9.17, 15) is 4.79 Å². The molecular weight excluding hydrogens is 280 g/mol. The Morgan fingerprint density at radius 1 is 1.53 bits per heavy atom. The number of hydrogen-bond acceptors (Lipinski definition) is 5. The lowest BCUT2D eigenvalue weighted by Gasteiger charge is -2.25. The Morgan fingerprint density at radius 3 is 3.16 bits per heavy atom. The zero-order chi connectivity index (χ0) is 12.8. The smallest absolute Gasteiger partial charge is 0.276 e. The average Bonchev–Trinajstić information content (AvgIpc) is 3.18. The molecule has 2 aliphatic rings. The summed E-state index contributed by atoms with van der Waals surface area (Å²) in [6.07, 6.45) is 1.13. The van der Waals surface area contributed by atoms with Gasteiger partial charge in [-0.1, -0.05) is 11.2 Å². The lowest BCUT2D eigenvalue weighted by molar-refractivity contribution is 0.0737. The van der Waals surface area contributed by atoms with Crippen LogP contribution >= 0.6 is 23.1 Å². The molecule has 4 heterocycles. The van der Waals surface area contributed by atoms with E-state index in [0.29, 0.717) is 22.7 Å². The van der Waals surface area contributed by atoms with E-state index in [4.69, 9.17) is 4.52 Å². The third-order valence-electron chi connectivity index (χ3n) is 3.65. The first-order valence-corrected chi connectivity index (χ1v) is 8.17. The number of fused-ring (bicyclic) bond motifs is 2. The predicted molar refractivity (Wildman–Crippen MR) is 75.5 cm³/mol. The second kappa shape index (κ2) is 4.38. The summed E-state index contributed by atoms with van der Waals surface area (Å²) in [5, 5.41) is 6.54. The van der Waals surface area contributed by atoms with Gasteiger partial charge >= 0.3 is 0 Å². The van der Waals surface area contributed by atoms with Crippen LogP contribution in [-0.2, 0) is 0 Å². The number of aromatic nitrogens is 1. The van der Waals surface area contributed by atoms with Crippen LogP contribution in [0, 0.1) is 0 Å². The average molecular weight is 292 g/mol. The van der Waals surface area contributed by atoms with Gasteiger partial charge in [-0.2, -0.15) is 11.8 Å². The summed E-state index contributed by atoms with van der Waals surface area (Å²) in [5.74, 6) is 1.75. The molecule has 2 fully saturated rings. The van der Waals surface area contributed by atoms with E-state index in [2.05, 4.69) is 5.16 Å². The number of amides is 1. The predicted octanol–water partition coefficient (Wildman–Crippen LogP) is 2.73. The largest absolute Gasteiger partial charge is 0.355 e. The molecular formula is C13H12N2O2S2. The van der Waals surface area contributed by atoms with E-state index in [0.717, 1.165) is 23.6 Å². The molecule has 2 aliphatic heterocycles. The molecule has 98 valence electrons. The van der Waals surface area contributed by atoms with Crippen LogP contribution in [0.2, 0.25) is 0 Å². The van der Waals surface area contributed by atoms with E-state index in [1.165, 1.54) is 0 Å². The van der Waals surface area contributed by atoms with Crippen LogP contribution in [0.15, 0.2) is 28.1 Å². The Bertz CT molecular complexity index is 608. The molecule has 4 rings (SSSR count). The standard InChI is InChI=1S/C13H12N2O2S2/c16-13(15-6-9-4-8(15)7-19-9)10-5-11(17-14-10)12-2-1-3-18-12/h1-3,5,8-9H,4,6-7H2/t8-,9+/m0/s1. The Hall–Kier alpha value is -1.27. The minimum Gasteiger partial charge on any atom is -0.355 e. The Balaban J connectivity index is 1.58. The molecule has 4 nitrogen and oxygen atoms in total. The molecule has 0 aliphatic carbocycles. The van der Waals surface area contributed by atoms with E-state index in [1.807, 2.05) is 34.2 Å².